The molecule has 0 saturated heterocycles. The fraction of sp³-hybridized carbons (Fsp3) is 0. The molecular weight excluding hydrogens is 244 g/mol. The highest BCUT2D eigenvalue weighted by molar-refractivity contribution is 7.92. The number of aromatic nitrogens is 3. The van der Waals surface area contributed by atoms with Gasteiger partial charge in [0.05, 0.1) is 4.90 Å². The zero-order valence-corrected chi connectivity index (χ0v) is 9.31. The summed E-state index contributed by atoms with van der Waals surface area (Å²) >= 11 is 0. The van der Waals surface area contributed by atoms with E-state index in [2.05, 4.69) is 20.1 Å². The molecule has 1 heterocycles. The number of hydrogen-bond donors (Lipinski definition) is 2. The molecule has 0 aliphatic carbocycles. The number of rotatable bonds is 3. The monoisotopic (exact) mass is 252 g/mol. The van der Waals surface area contributed by atoms with E-state index in [0.29, 0.717) is 0 Å². The van der Waals surface area contributed by atoms with Gasteiger partial charge in [0.25, 0.3) is 10.0 Å². The van der Waals surface area contributed by atoms with Crippen molar-refractivity contribution in [3.8, 4) is 0 Å². The molecule has 17 heavy (non-hydrogen) atoms. The third-order valence-corrected chi connectivity index (χ3v) is 3.27. The summed E-state index contributed by atoms with van der Waals surface area (Å²) < 4.78 is 25.7. The largest absolute Gasteiger partial charge is 0.284 e. The van der Waals surface area contributed by atoms with Crippen LogP contribution in [0.25, 0.3) is 0 Å². The Morgan fingerprint density at radius 1 is 1.18 bits per heavy atom. The highest BCUT2D eigenvalue weighted by atomic mass is 32.2. The highest BCUT2D eigenvalue weighted by Gasteiger charge is 2.15. The average Bonchev–Trinajstić information content (AvgIpc) is 2.33. The number of H-pyrrole nitrogens is 1. The van der Waals surface area contributed by atoms with Gasteiger partial charge in [-0.05, 0) is 12.1 Å². The van der Waals surface area contributed by atoms with Crippen molar-refractivity contribution in [2.24, 2.45) is 0 Å². The molecule has 0 amide bonds. The quantitative estimate of drug-likeness (QED) is 0.797. The molecule has 0 fully saturated rings. The van der Waals surface area contributed by atoms with Crippen molar-refractivity contribution >= 4 is 15.8 Å². The molecule has 0 aliphatic heterocycles. The highest BCUT2D eigenvalue weighted by Crippen LogP contribution is 2.10. The smallest absolute Gasteiger partial charge is 0.263 e. The van der Waals surface area contributed by atoms with E-state index in [0.717, 1.165) is 6.20 Å². The average molecular weight is 252 g/mol. The Morgan fingerprint density at radius 2 is 1.88 bits per heavy atom. The lowest BCUT2D eigenvalue weighted by molar-refractivity contribution is 0.600. The van der Waals surface area contributed by atoms with Gasteiger partial charge in [-0.1, -0.05) is 18.2 Å². The van der Waals surface area contributed by atoms with E-state index in [1.54, 1.807) is 18.2 Å². The van der Waals surface area contributed by atoms with Gasteiger partial charge in [0, 0.05) is 0 Å². The third kappa shape index (κ3) is 2.48. The summed E-state index contributed by atoms with van der Waals surface area (Å²) in [6.45, 7) is 0. The van der Waals surface area contributed by atoms with Crippen LogP contribution in [-0.4, -0.2) is 23.8 Å². The SMILES string of the molecule is O=c1cn[nH]nc1NS(=O)(=O)c1ccccc1. The molecule has 0 saturated carbocycles. The number of aromatic amines is 1. The lowest BCUT2D eigenvalue weighted by Crippen LogP contribution is -2.20. The first-order valence-electron chi connectivity index (χ1n) is 4.57. The van der Waals surface area contributed by atoms with Crippen LogP contribution in [0.3, 0.4) is 0 Å². The van der Waals surface area contributed by atoms with Crippen molar-refractivity contribution in [2.75, 3.05) is 4.72 Å². The van der Waals surface area contributed by atoms with E-state index in [4.69, 9.17) is 0 Å². The summed E-state index contributed by atoms with van der Waals surface area (Å²) in [4.78, 5) is 11.3. The molecule has 1 aromatic carbocycles. The van der Waals surface area contributed by atoms with Gasteiger partial charge in [0.15, 0.2) is 0 Å². The Hall–Kier alpha value is -2.22. The second kappa shape index (κ2) is 4.34. The van der Waals surface area contributed by atoms with Crippen LogP contribution in [0, 0.1) is 0 Å². The van der Waals surface area contributed by atoms with E-state index in [1.165, 1.54) is 12.1 Å². The van der Waals surface area contributed by atoms with E-state index in [-0.39, 0.29) is 10.7 Å². The zero-order chi connectivity index (χ0) is 12.3. The van der Waals surface area contributed by atoms with Gasteiger partial charge in [0.1, 0.15) is 6.20 Å². The topological polar surface area (TPSA) is 105 Å². The van der Waals surface area contributed by atoms with E-state index in [9.17, 15) is 13.2 Å². The summed E-state index contributed by atoms with van der Waals surface area (Å²) in [6, 6.07) is 7.68. The van der Waals surface area contributed by atoms with Gasteiger partial charge in [-0.2, -0.15) is 10.3 Å². The molecule has 0 radical (unpaired) electrons. The minimum atomic E-state index is -3.80. The number of sulfonamides is 1. The zero-order valence-electron chi connectivity index (χ0n) is 8.49. The summed E-state index contributed by atoms with van der Waals surface area (Å²) in [6.07, 6.45) is 0.940. The fourth-order valence-electron chi connectivity index (χ4n) is 1.14. The lowest BCUT2D eigenvalue weighted by Gasteiger charge is -2.05. The Morgan fingerprint density at radius 3 is 2.53 bits per heavy atom. The third-order valence-electron chi connectivity index (χ3n) is 1.92. The molecule has 0 bridgehead atoms. The van der Waals surface area contributed by atoms with Crippen LogP contribution < -0.4 is 10.2 Å². The molecule has 2 rings (SSSR count). The molecule has 88 valence electrons. The van der Waals surface area contributed by atoms with Crippen LogP contribution in [-0.2, 0) is 10.0 Å². The van der Waals surface area contributed by atoms with Crippen molar-refractivity contribution in [2.45, 2.75) is 4.90 Å². The maximum atomic E-state index is 11.8. The second-order valence-electron chi connectivity index (χ2n) is 3.10. The van der Waals surface area contributed by atoms with Crippen LogP contribution >= 0.6 is 0 Å². The van der Waals surface area contributed by atoms with E-state index >= 15 is 0 Å². The van der Waals surface area contributed by atoms with Crippen molar-refractivity contribution in [1.29, 1.82) is 0 Å². The summed E-state index contributed by atoms with van der Waals surface area (Å²) in [7, 11) is -3.80. The minimum Gasteiger partial charge on any atom is -0.284 e. The summed E-state index contributed by atoms with van der Waals surface area (Å²) in [5.41, 5.74) is -0.608. The number of nitrogens with one attached hydrogen (secondary N) is 2. The Kier molecular flexibility index (Phi) is 2.88. The normalized spacial score (nSPS) is 11.1. The molecular formula is C9H8N4O3S. The van der Waals surface area contributed by atoms with Crippen LogP contribution in [0.2, 0.25) is 0 Å². The Bertz CT molecular complexity index is 666. The molecule has 2 N–H and O–H groups in total. The second-order valence-corrected chi connectivity index (χ2v) is 4.78. The number of benzene rings is 1. The lowest BCUT2D eigenvalue weighted by atomic mass is 10.4. The van der Waals surface area contributed by atoms with Crippen LogP contribution in [0.4, 0.5) is 5.82 Å². The maximum absolute atomic E-state index is 11.8. The molecule has 8 heteroatoms. The van der Waals surface area contributed by atoms with Crippen molar-refractivity contribution in [3.05, 3.63) is 46.8 Å². The van der Waals surface area contributed by atoms with Gasteiger partial charge < -0.3 is 0 Å². The maximum Gasteiger partial charge on any atom is 0.263 e. The first kappa shape index (κ1) is 11.3. The molecule has 7 nitrogen and oxygen atoms in total. The molecule has 0 atom stereocenters. The van der Waals surface area contributed by atoms with Gasteiger partial charge in [-0.25, -0.2) is 8.42 Å². The standard InChI is InChI=1S/C9H8N4O3S/c14-8-6-10-13-11-9(8)12-17(15,16)7-4-2-1-3-5-7/h1-6H,(H,13,14)(H,10,11,12). The summed E-state index contributed by atoms with van der Waals surface area (Å²) in [5, 5.41) is 8.96. The fourth-order valence-corrected chi connectivity index (χ4v) is 2.18. The van der Waals surface area contributed by atoms with Crippen molar-refractivity contribution in [1.82, 2.24) is 15.4 Å². The Labute approximate surface area is 96.6 Å². The molecule has 1 aromatic heterocycles. The molecule has 0 unspecified atom stereocenters. The predicted molar refractivity (Wildman–Crippen MR) is 59.9 cm³/mol. The first-order valence-corrected chi connectivity index (χ1v) is 6.06. The van der Waals surface area contributed by atoms with Crippen molar-refractivity contribution < 1.29 is 8.42 Å². The van der Waals surface area contributed by atoms with Gasteiger partial charge in [-0.3, -0.25) is 9.52 Å². The van der Waals surface area contributed by atoms with E-state index < -0.39 is 15.5 Å². The van der Waals surface area contributed by atoms with Crippen molar-refractivity contribution in [3.63, 3.8) is 0 Å². The van der Waals surface area contributed by atoms with Crippen LogP contribution in [0.5, 0.6) is 0 Å². The predicted octanol–water partition coefficient (Wildman–Crippen LogP) is -0.0343. The number of anilines is 1. The van der Waals surface area contributed by atoms with Gasteiger partial charge in [-0.15, -0.1) is 5.10 Å². The van der Waals surface area contributed by atoms with Crippen LogP contribution in [0.15, 0.2) is 46.2 Å². The number of hydrogen-bond acceptors (Lipinski definition) is 5. The van der Waals surface area contributed by atoms with Gasteiger partial charge in [0.2, 0.25) is 11.2 Å². The molecule has 0 aliphatic rings. The van der Waals surface area contributed by atoms with Crippen LogP contribution in [0.1, 0.15) is 0 Å². The summed E-state index contributed by atoms with van der Waals surface area (Å²) in [5.74, 6) is -0.316. The number of nitrogens with zero attached hydrogens (tertiary/aromatic N) is 2. The van der Waals surface area contributed by atoms with Gasteiger partial charge >= 0.3 is 0 Å². The first-order chi connectivity index (χ1) is 8.09. The molecule has 0 spiro atoms. The molecule has 2 aromatic rings. The Balaban J connectivity index is 2.37. The minimum absolute atomic E-state index is 0.0537. The van der Waals surface area contributed by atoms with E-state index in [1.807, 2.05) is 0 Å².